The molecule has 0 fully saturated rings. The molecule has 0 aromatic heterocycles. The second-order valence-electron chi connectivity index (χ2n) is 2.04. The molecule has 0 aliphatic heterocycles. The lowest BCUT2D eigenvalue weighted by atomic mass is 10.4. The molecule has 0 saturated heterocycles. The van der Waals surface area contributed by atoms with Crippen LogP contribution < -0.4 is 0 Å². The van der Waals surface area contributed by atoms with E-state index in [0.717, 1.165) is 6.08 Å². The van der Waals surface area contributed by atoms with Gasteiger partial charge in [0.25, 0.3) is 0 Å². The fourth-order valence-corrected chi connectivity index (χ4v) is 0.425. The van der Waals surface area contributed by atoms with Gasteiger partial charge in [0.2, 0.25) is 0 Å². The summed E-state index contributed by atoms with van der Waals surface area (Å²) in [4.78, 5) is 10.4. The first kappa shape index (κ1) is 10.1. The Morgan fingerprint density at radius 2 is 2.18 bits per heavy atom. The molecule has 0 heterocycles. The average molecular weight is 164 g/mol. The minimum atomic E-state index is -3.38. The zero-order valence-corrected chi connectivity index (χ0v) is 6.43. The summed E-state index contributed by atoms with van der Waals surface area (Å²) in [6.07, 6.45) is -0.328. The molecule has 0 rings (SSSR count). The van der Waals surface area contributed by atoms with Crippen molar-refractivity contribution in [3.8, 4) is 0 Å². The number of halogens is 2. The molecule has 0 unspecified atom stereocenters. The molecule has 0 saturated carbocycles. The fourth-order valence-electron chi connectivity index (χ4n) is 0.425. The van der Waals surface area contributed by atoms with Crippen LogP contribution in [0.1, 0.15) is 20.3 Å². The zero-order chi connectivity index (χ0) is 8.91. The van der Waals surface area contributed by atoms with Crippen molar-refractivity contribution in [3.05, 3.63) is 12.2 Å². The first-order valence-corrected chi connectivity index (χ1v) is 3.23. The van der Waals surface area contributed by atoms with E-state index in [0.29, 0.717) is 13.3 Å². The van der Waals surface area contributed by atoms with E-state index in [1.54, 1.807) is 6.92 Å². The van der Waals surface area contributed by atoms with Crippen molar-refractivity contribution < 1.29 is 18.3 Å². The number of hydrogen-bond donors (Lipinski definition) is 0. The van der Waals surface area contributed by atoms with Crippen molar-refractivity contribution in [1.29, 1.82) is 0 Å². The van der Waals surface area contributed by atoms with Crippen molar-refractivity contribution in [2.24, 2.45) is 0 Å². The van der Waals surface area contributed by atoms with Gasteiger partial charge in [-0.2, -0.15) is 8.78 Å². The summed E-state index contributed by atoms with van der Waals surface area (Å²) in [5, 5.41) is 0. The molecular weight excluding hydrogens is 154 g/mol. The molecule has 0 aromatic rings. The predicted octanol–water partition coefficient (Wildman–Crippen LogP) is 2.11. The average Bonchev–Trinajstić information content (AvgIpc) is 1.79. The number of rotatable bonds is 3. The van der Waals surface area contributed by atoms with Crippen LogP contribution in [0.25, 0.3) is 0 Å². The Hall–Kier alpha value is -0.930. The Balaban J connectivity index is 3.80. The lowest BCUT2D eigenvalue weighted by molar-refractivity contribution is -0.217. The number of alkyl halides is 2. The minimum Gasteiger partial charge on any atom is -0.398 e. The van der Waals surface area contributed by atoms with Gasteiger partial charge in [-0.15, -0.1) is 0 Å². The van der Waals surface area contributed by atoms with Crippen molar-refractivity contribution >= 4 is 5.97 Å². The van der Waals surface area contributed by atoms with Crippen LogP contribution in [0.4, 0.5) is 8.78 Å². The number of carbonyl (C=O) groups excluding carboxylic acids is 1. The lowest BCUT2D eigenvalue weighted by Crippen LogP contribution is -2.19. The molecule has 0 aromatic carbocycles. The van der Waals surface area contributed by atoms with Crippen molar-refractivity contribution in [2.75, 3.05) is 0 Å². The van der Waals surface area contributed by atoms with E-state index in [2.05, 4.69) is 4.74 Å². The maximum absolute atomic E-state index is 11.9. The van der Waals surface area contributed by atoms with E-state index in [1.165, 1.54) is 6.08 Å². The van der Waals surface area contributed by atoms with Gasteiger partial charge >= 0.3 is 12.1 Å². The van der Waals surface area contributed by atoms with Gasteiger partial charge in [-0.25, -0.2) is 4.79 Å². The number of ether oxygens (including phenoxy) is 1. The second kappa shape index (κ2) is 4.05. The summed E-state index contributed by atoms with van der Waals surface area (Å²) >= 11 is 0. The van der Waals surface area contributed by atoms with Crippen LogP contribution in [0.5, 0.6) is 0 Å². The van der Waals surface area contributed by atoms with Gasteiger partial charge in [-0.3, -0.25) is 0 Å². The summed E-state index contributed by atoms with van der Waals surface area (Å²) in [6.45, 7) is 2.30. The van der Waals surface area contributed by atoms with Crippen LogP contribution in [-0.4, -0.2) is 12.1 Å². The third-order valence-corrected chi connectivity index (χ3v) is 0.769. The number of allylic oxidation sites excluding steroid dienone is 1. The highest BCUT2D eigenvalue weighted by molar-refractivity contribution is 5.82. The Morgan fingerprint density at radius 1 is 1.64 bits per heavy atom. The lowest BCUT2D eigenvalue weighted by Gasteiger charge is -2.08. The molecule has 0 spiro atoms. The largest absolute Gasteiger partial charge is 0.398 e. The van der Waals surface area contributed by atoms with Gasteiger partial charge in [0.05, 0.1) is 0 Å². The van der Waals surface area contributed by atoms with Crippen LogP contribution in [0.2, 0.25) is 0 Å². The highest BCUT2D eigenvalue weighted by atomic mass is 19.3. The summed E-state index contributed by atoms with van der Waals surface area (Å²) in [6, 6.07) is 0. The molecule has 0 bridgehead atoms. The van der Waals surface area contributed by atoms with Crippen LogP contribution in [0, 0.1) is 0 Å². The third kappa shape index (κ3) is 6.96. The van der Waals surface area contributed by atoms with Crippen LogP contribution in [0.15, 0.2) is 12.2 Å². The standard InChI is InChI=1S/C7H10F2O2/c1-3-4-5-6(10)11-7(2,8)9/h4-5H,3H2,1-2H3/b5-4+. The smallest absolute Gasteiger partial charge is 0.397 e. The highest BCUT2D eigenvalue weighted by Gasteiger charge is 2.24. The first-order chi connectivity index (χ1) is 4.95. The maximum Gasteiger partial charge on any atom is 0.397 e. The van der Waals surface area contributed by atoms with E-state index in [1.807, 2.05) is 0 Å². The number of esters is 1. The van der Waals surface area contributed by atoms with E-state index in [9.17, 15) is 13.6 Å². The molecule has 0 aliphatic carbocycles. The monoisotopic (exact) mass is 164 g/mol. The van der Waals surface area contributed by atoms with Crippen LogP contribution in [0.3, 0.4) is 0 Å². The van der Waals surface area contributed by atoms with E-state index >= 15 is 0 Å². The van der Waals surface area contributed by atoms with Gasteiger partial charge in [-0.05, 0) is 6.42 Å². The van der Waals surface area contributed by atoms with E-state index in [4.69, 9.17) is 0 Å². The molecule has 0 radical (unpaired) electrons. The number of hydrogen-bond acceptors (Lipinski definition) is 2. The molecule has 4 heteroatoms. The SMILES string of the molecule is CC/C=C/C(=O)OC(C)(F)F. The summed E-state index contributed by atoms with van der Waals surface area (Å²) in [5.74, 6) is -1.01. The summed E-state index contributed by atoms with van der Waals surface area (Å²) < 4.78 is 27.5. The van der Waals surface area contributed by atoms with Crippen LogP contribution in [-0.2, 0) is 9.53 Å². The summed E-state index contributed by atoms with van der Waals surface area (Å²) in [7, 11) is 0. The van der Waals surface area contributed by atoms with Gasteiger partial charge < -0.3 is 4.74 Å². The Labute approximate surface area is 63.8 Å². The Kier molecular flexibility index (Phi) is 3.71. The van der Waals surface area contributed by atoms with Crippen molar-refractivity contribution in [1.82, 2.24) is 0 Å². The molecule has 64 valence electrons. The quantitative estimate of drug-likeness (QED) is 0.471. The van der Waals surface area contributed by atoms with Gasteiger partial charge in [0.15, 0.2) is 0 Å². The Bertz CT molecular complexity index is 158. The maximum atomic E-state index is 11.9. The van der Waals surface area contributed by atoms with Gasteiger partial charge in [0.1, 0.15) is 0 Å². The van der Waals surface area contributed by atoms with Gasteiger partial charge in [-0.1, -0.05) is 13.0 Å². The molecule has 0 aliphatic rings. The summed E-state index contributed by atoms with van der Waals surface area (Å²) in [5.41, 5.74) is 0. The van der Waals surface area contributed by atoms with E-state index < -0.39 is 12.1 Å². The molecule has 0 atom stereocenters. The topological polar surface area (TPSA) is 26.3 Å². The van der Waals surface area contributed by atoms with Crippen molar-refractivity contribution in [2.45, 2.75) is 26.4 Å². The fraction of sp³-hybridized carbons (Fsp3) is 0.571. The normalized spacial score (nSPS) is 12.0. The minimum absolute atomic E-state index is 0.519. The molecule has 2 nitrogen and oxygen atoms in total. The third-order valence-electron chi connectivity index (χ3n) is 0.769. The van der Waals surface area contributed by atoms with E-state index in [-0.39, 0.29) is 0 Å². The molecular formula is C7H10F2O2. The van der Waals surface area contributed by atoms with Crippen LogP contribution >= 0.6 is 0 Å². The van der Waals surface area contributed by atoms with Crippen molar-refractivity contribution in [3.63, 3.8) is 0 Å². The van der Waals surface area contributed by atoms with Gasteiger partial charge in [0, 0.05) is 13.0 Å². The predicted molar refractivity (Wildman–Crippen MR) is 36.1 cm³/mol. The Morgan fingerprint density at radius 3 is 2.55 bits per heavy atom. The molecule has 0 amide bonds. The number of carbonyl (C=O) groups is 1. The molecule has 0 N–H and O–H groups in total. The zero-order valence-electron chi connectivity index (χ0n) is 6.43. The highest BCUT2D eigenvalue weighted by Crippen LogP contribution is 2.13. The molecule has 11 heavy (non-hydrogen) atoms. The first-order valence-electron chi connectivity index (χ1n) is 3.23. The second-order valence-corrected chi connectivity index (χ2v) is 2.04.